The minimum atomic E-state index is 0.267. The van der Waals surface area contributed by atoms with Crippen molar-refractivity contribution in [2.75, 3.05) is 20.0 Å². The number of rotatable bonds is 5. The molecule has 0 aliphatic rings. The van der Waals surface area contributed by atoms with Crippen molar-refractivity contribution in [2.45, 2.75) is 13.2 Å². The molecule has 20 heavy (non-hydrogen) atoms. The minimum Gasteiger partial charge on any atom is -0.497 e. The first-order valence-electron chi connectivity index (χ1n) is 6.06. The summed E-state index contributed by atoms with van der Waals surface area (Å²) >= 11 is 0. The summed E-state index contributed by atoms with van der Waals surface area (Å²) in [5.74, 6) is 1.15. The number of ether oxygens (including phenoxy) is 2. The molecule has 0 radical (unpaired) electrons. The summed E-state index contributed by atoms with van der Waals surface area (Å²) in [5.41, 5.74) is 7.90. The van der Waals surface area contributed by atoms with Gasteiger partial charge in [-0.1, -0.05) is 12.1 Å². The predicted octanol–water partition coefficient (Wildman–Crippen LogP) is 1.54. The number of benzene rings is 1. The van der Waals surface area contributed by atoms with Crippen LogP contribution in [0.4, 0.5) is 5.82 Å². The Bertz CT molecular complexity index is 626. The zero-order valence-electron chi connectivity index (χ0n) is 11.5. The Morgan fingerprint density at radius 3 is 2.55 bits per heavy atom. The Balaban J connectivity index is 2.26. The standard InChI is InChI=1S/C14H16N4O2/c1-19-9-13-12(7-15)14(16)18(17-13)8-10-3-5-11(20-2)6-4-10/h3-6H,8-9,16H2,1-2H3. The van der Waals surface area contributed by atoms with Gasteiger partial charge < -0.3 is 15.2 Å². The summed E-state index contributed by atoms with van der Waals surface area (Å²) in [6.07, 6.45) is 0. The van der Waals surface area contributed by atoms with Crippen LogP contribution in [0.3, 0.4) is 0 Å². The second-order valence-electron chi connectivity index (χ2n) is 4.26. The first-order chi connectivity index (χ1) is 9.69. The molecule has 2 N–H and O–H groups in total. The molecule has 104 valence electrons. The number of nitrogen functional groups attached to an aromatic ring is 1. The molecule has 6 nitrogen and oxygen atoms in total. The number of nitriles is 1. The number of aromatic nitrogens is 2. The van der Waals surface area contributed by atoms with Crippen LogP contribution in [0.15, 0.2) is 24.3 Å². The number of nitrogens with zero attached hydrogens (tertiary/aromatic N) is 3. The summed E-state index contributed by atoms with van der Waals surface area (Å²) < 4.78 is 11.7. The normalized spacial score (nSPS) is 10.2. The number of hydrogen-bond acceptors (Lipinski definition) is 5. The van der Waals surface area contributed by atoms with Gasteiger partial charge in [0, 0.05) is 7.11 Å². The number of anilines is 1. The lowest BCUT2D eigenvalue weighted by Gasteiger charge is -2.05. The van der Waals surface area contributed by atoms with Gasteiger partial charge in [-0.05, 0) is 17.7 Å². The number of nitrogens with two attached hydrogens (primary N) is 1. The number of hydrogen-bond donors (Lipinski definition) is 1. The van der Waals surface area contributed by atoms with Crippen molar-refractivity contribution in [3.63, 3.8) is 0 Å². The monoisotopic (exact) mass is 272 g/mol. The third-order valence-electron chi connectivity index (χ3n) is 2.95. The van der Waals surface area contributed by atoms with Crippen molar-refractivity contribution in [2.24, 2.45) is 0 Å². The van der Waals surface area contributed by atoms with Crippen LogP contribution < -0.4 is 10.5 Å². The summed E-state index contributed by atoms with van der Waals surface area (Å²) in [5, 5.41) is 13.4. The third kappa shape index (κ3) is 2.73. The molecule has 1 heterocycles. The van der Waals surface area contributed by atoms with E-state index in [9.17, 15) is 0 Å². The second kappa shape index (κ2) is 6.08. The van der Waals surface area contributed by atoms with Gasteiger partial charge in [-0.25, -0.2) is 4.68 Å². The van der Waals surface area contributed by atoms with Gasteiger partial charge in [0.2, 0.25) is 0 Å². The van der Waals surface area contributed by atoms with E-state index >= 15 is 0 Å². The summed E-state index contributed by atoms with van der Waals surface area (Å²) in [7, 11) is 3.18. The number of methoxy groups -OCH3 is 2. The molecule has 2 rings (SSSR count). The van der Waals surface area contributed by atoms with E-state index in [1.54, 1.807) is 18.9 Å². The van der Waals surface area contributed by atoms with Crippen molar-refractivity contribution in [1.29, 1.82) is 5.26 Å². The molecule has 2 aromatic rings. The van der Waals surface area contributed by atoms with E-state index in [1.165, 1.54) is 0 Å². The quantitative estimate of drug-likeness (QED) is 0.892. The Morgan fingerprint density at radius 1 is 1.30 bits per heavy atom. The smallest absolute Gasteiger partial charge is 0.140 e. The average Bonchev–Trinajstić information content (AvgIpc) is 2.76. The zero-order chi connectivity index (χ0) is 14.5. The van der Waals surface area contributed by atoms with Crippen LogP contribution in [-0.4, -0.2) is 24.0 Å². The maximum Gasteiger partial charge on any atom is 0.140 e. The van der Waals surface area contributed by atoms with E-state index in [2.05, 4.69) is 11.2 Å². The fourth-order valence-electron chi connectivity index (χ4n) is 1.91. The van der Waals surface area contributed by atoms with Gasteiger partial charge in [-0.15, -0.1) is 0 Å². The molecule has 0 aliphatic carbocycles. The van der Waals surface area contributed by atoms with Crippen molar-refractivity contribution in [3.05, 3.63) is 41.1 Å². The minimum absolute atomic E-state index is 0.267. The van der Waals surface area contributed by atoms with Crippen molar-refractivity contribution < 1.29 is 9.47 Å². The van der Waals surface area contributed by atoms with Crippen LogP contribution in [0.1, 0.15) is 16.8 Å². The van der Waals surface area contributed by atoms with Crippen LogP contribution in [0.5, 0.6) is 5.75 Å². The highest BCUT2D eigenvalue weighted by atomic mass is 16.5. The van der Waals surface area contributed by atoms with Crippen LogP contribution >= 0.6 is 0 Å². The lowest BCUT2D eigenvalue weighted by molar-refractivity contribution is 0.180. The highest BCUT2D eigenvalue weighted by molar-refractivity contribution is 5.52. The summed E-state index contributed by atoms with van der Waals surface area (Å²) in [4.78, 5) is 0. The lowest BCUT2D eigenvalue weighted by atomic mass is 10.2. The van der Waals surface area contributed by atoms with E-state index in [4.69, 9.17) is 20.5 Å². The molecule has 0 spiro atoms. The first-order valence-corrected chi connectivity index (χ1v) is 6.06. The maximum atomic E-state index is 9.12. The van der Waals surface area contributed by atoms with E-state index in [1.807, 2.05) is 24.3 Å². The molecule has 1 aromatic heterocycles. The zero-order valence-corrected chi connectivity index (χ0v) is 11.5. The van der Waals surface area contributed by atoms with Crippen LogP contribution in [0.25, 0.3) is 0 Å². The van der Waals surface area contributed by atoms with E-state index < -0.39 is 0 Å². The van der Waals surface area contributed by atoms with Crippen LogP contribution in [0, 0.1) is 11.3 Å². The molecule has 1 aromatic carbocycles. The lowest BCUT2D eigenvalue weighted by Crippen LogP contribution is -2.06. The molecule has 0 saturated carbocycles. The molecular weight excluding hydrogens is 256 g/mol. The molecule has 0 bridgehead atoms. The Kier molecular flexibility index (Phi) is 4.23. The molecule has 0 amide bonds. The molecule has 0 saturated heterocycles. The predicted molar refractivity (Wildman–Crippen MR) is 74.2 cm³/mol. The van der Waals surface area contributed by atoms with Crippen molar-refractivity contribution >= 4 is 5.82 Å². The highest BCUT2D eigenvalue weighted by Gasteiger charge is 2.15. The maximum absolute atomic E-state index is 9.12. The van der Waals surface area contributed by atoms with Crippen molar-refractivity contribution in [1.82, 2.24) is 9.78 Å². The molecule has 6 heteroatoms. The van der Waals surface area contributed by atoms with E-state index in [-0.39, 0.29) is 6.61 Å². The topological polar surface area (TPSA) is 86.1 Å². The molecule has 0 fully saturated rings. The van der Waals surface area contributed by atoms with Gasteiger partial charge >= 0.3 is 0 Å². The molecular formula is C14H16N4O2. The second-order valence-corrected chi connectivity index (χ2v) is 4.26. The van der Waals surface area contributed by atoms with Gasteiger partial charge in [0.05, 0.1) is 20.3 Å². The van der Waals surface area contributed by atoms with E-state index in [0.29, 0.717) is 23.6 Å². The Morgan fingerprint density at radius 2 is 2.00 bits per heavy atom. The Labute approximate surface area is 117 Å². The van der Waals surface area contributed by atoms with Crippen LogP contribution in [0.2, 0.25) is 0 Å². The molecule has 0 atom stereocenters. The Hall–Kier alpha value is -2.52. The third-order valence-corrected chi connectivity index (χ3v) is 2.95. The van der Waals surface area contributed by atoms with Gasteiger partial charge in [-0.2, -0.15) is 10.4 Å². The van der Waals surface area contributed by atoms with Gasteiger partial charge in [0.1, 0.15) is 28.9 Å². The molecule has 0 unspecified atom stereocenters. The summed E-state index contributed by atoms with van der Waals surface area (Å²) in [6.45, 7) is 0.761. The SMILES string of the molecule is COCc1nn(Cc2ccc(OC)cc2)c(N)c1C#N. The molecule has 0 aliphatic heterocycles. The highest BCUT2D eigenvalue weighted by Crippen LogP contribution is 2.19. The summed E-state index contributed by atoms with van der Waals surface area (Å²) in [6, 6.07) is 9.67. The van der Waals surface area contributed by atoms with Gasteiger partial charge in [0.25, 0.3) is 0 Å². The fraction of sp³-hybridized carbons (Fsp3) is 0.286. The van der Waals surface area contributed by atoms with Gasteiger partial charge in [0.15, 0.2) is 0 Å². The largest absolute Gasteiger partial charge is 0.497 e. The first kappa shape index (κ1) is 13.9. The average molecular weight is 272 g/mol. The van der Waals surface area contributed by atoms with Gasteiger partial charge in [-0.3, -0.25) is 0 Å². The van der Waals surface area contributed by atoms with Crippen LogP contribution in [-0.2, 0) is 17.9 Å². The fourth-order valence-corrected chi connectivity index (χ4v) is 1.91. The van der Waals surface area contributed by atoms with Crippen molar-refractivity contribution in [3.8, 4) is 11.8 Å². The van der Waals surface area contributed by atoms with E-state index in [0.717, 1.165) is 11.3 Å².